The number of nitro groups is 1. The molecule has 0 atom stereocenters. The average molecular weight is 327 g/mol. The van der Waals surface area contributed by atoms with Gasteiger partial charge in [-0.15, -0.1) is 0 Å². The third-order valence-electron chi connectivity index (χ3n) is 4.12. The molecule has 0 aliphatic carbocycles. The minimum absolute atomic E-state index is 0.0650. The van der Waals surface area contributed by atoms with Gasteiger partial charge in [-0.1, -0.05) is 53.7 Å². The van der Waals surface area contributed by atoms with Crippen molar-refractivity contribution >= 4 is 5.69 Å². The Morgan fingerprint density at radius 3 is 1.79 bits per heavy atom. The monoisotopic (exact) mass is 327 g/mol. The topological polar surface area (TPSA) is 63.4 Å². The summed E-state index contributed by atoms with van der Waals surface area (Å²) < 4.78 is 0. The van der Waals surface area contributed by atoms with Crippen LogP contribution < -0.4 is 0 Å². The lowest BCUT2D eigenvalue weighted by atomic mass is 9.78. The fraction of sp³-hybridized carbons (Fsp3) is 0.400. The Balaban J connectivity index is 2.76. The highest BCUT2D eigenvalue weighted by molar-refractivity contribution is 5.70. The van der Waals surface area contributed by atoms with Crippen LogP contribution in [0.15, 0.2) is 36.4 Å². The molecular formula is C20H25NO3. The van der Waals surface area contributed by atoms with Crippen molar-refractivity contribution < 1.29 is 10.0 Å². The number of aromatic hydroxyl groups is 1. The Morgan fingerprint density at radius 2 is 1.38 bits per heavy atom. The molecule has 0 spiro atoms. The number of nitro benzene ring substituents is 1. The van der Waals surface area contributed by atoms with Gasteiger partial charge < -0.3 is 5.11 Å². The number of benzene rings is 2. The maximum atomic E-state index is 11.1. The summed E-state index contributed by atoms with van der Waals surface area (Å²) in [5.41, 5.74) is 2.94. The fourth-order valence-corrected chi connectivity index (χ4v) is 2.74. The van der Waals surface area contributed by atoms with E-state index in [4.69, 9.17) is 0 Å². The highest BCUT2D eigenvalue weighted by atomic mass is 16.6. The molecule has 2 aromatic carbocycles. The van der Waals surface area contributed by atoms with Crippen molar-refractivity contribution in [3.63, 3.8) is 0 Å². The second-order valence-electron chi connectivity index (χ2n) is 8.23. The van der Waals surface area contributed by atoms with Gasteiger partial charge in [0.25, 0.3) is 5.69 Å². The first-order valence-electron chi connectivity index (χ1n) is 8.04. The van der Waals surface area contributed by atoms with Gasteiger partial charge in [-0.05, 0) is 34.1 Å². The van der Waals surface area contributed by atoms with E-state index in [-0.39, 0.29) is 21.4 Å². The van der Waals surface area contributed by atoms with Crippen molar-refractivity contribution in [2.75, 3.05) is 0 Å². The standard InChI is InChI=1S/C20H25NO3/c1-19(2,3)16-11-14(12-17(18(16)22)20(4,5)6)13-8-7-9-15(10-13)21(23)24/h7-12,22H,1-6H3. The number of hydrogen-bond donors (Lipinski definition) is 1. The van der Waals surface area contributed by atoms with E-state index in [0.717, 1.165) is 22.3 Å². The number of hydrogen-bond acceptors (Lipinski definition) is 3. The van der Waals surface area contributed by atoms with Crippen LogP contribution in [0.25, 0.3) is 11.1 Å². The van der Waals surface area contributed by atoms with E-state index >= 15 is 0 Å². The van der Waals surface area contributed by atoms with E-state index in [9.17, 15) is 15.2 Å². The summed E-state index contributed by atoms with van der Waals surface area (Å²) >= 11 is 0. The molecule has 0 saturated carbocycles. The molecule has 2 aromatic rings. The van der Waals surface area contributed by atoms with Crippen LogP contribution in [0.3, 0.4) is 0 Å². The molecule has 2 rings (SSSR count). The van der Waals surface area contributed by atoms with Crippen LogP contribution in [0.1, 0.15) is 52.7 Å². The van der Waals surface area contributed by atoms with E-state index in [0.29, 0.717) is 5.75 Å². The first-order valence-corrected chi connectivity index (χ1v) is 8.04. The van der Waals surface area contributed by atoms with E-state index in [1.807, 2.05) is 59.7 Å². The molecule has 0 amide bonds. The van der Waals surface area contributed by atoms with E-state index in [2.05, 4.69) is 0 Å². The first-order chi connectivity index (χ1) is 10.9. The smallest absolute Gasteiger partial charge is 0.270 e. The third kappa shape index (κ3) is 3.58. The predicted octanol–water partition coefficient (Wildman–Crippen LogP) is 5.56. The van der Waals surface area contributed by atoms with E-state index in [1.165, 1.54) is 6.07 Å². The Hall–Kier alpha value is -2.36. The van der Waals surface area contributed by atoms with Gasteiger partial charge in [-0.25, -0.2) is 0 Å². The second-order valence-corrected chi connectivity index (χ2v) is 8.23. The largest absolute Gasteiger partial charge is 0.507 e. The number of phenols is 1. The molecule has 0 radical (unpaired) electrons. The minimum Gasteiger partial charge on any atom is -0.507 e. The van der Waals surface area contributed by atoms with Crippen molar-refractivity contribution in [3.05, 3.63) is 57.6 Å². The fourth-order valence-electron chi connectivity index (χ4n) is 2.74. The molecule has 0 fully saturated rings. The normalized spacial score (nSPS) is 12.2. The van der Waals surface area contributed by atoms with Crippen LogP contribution in [0.5, 0.6) is 5.75 Å². The number of nitrogens with zero attached hydrogens (tertiary/aromatic N) is 1. The second kappa shape index (κ2) is 5.93. The Morgan fingerprint density at radius 1 is 0.875 bits per heavy atom. The lowest BCUT2D eigenvalue weighted by Crippen LogP contribution is -2.17. The summed E-state index contributed by atoms with van der Waals surface area (Å²) in [6.07, 6.45) is 0. The van der Waals surface area contributed by atoms with Crippen molar-refractivity contribution in [1.82, 2.24) is 0 Å². The molecule has 128 valence electrons. The molecule has 24 heavy (non-hydrogen) atoms. The summed E-state index contributed by atoms with van der Waals surface area (Å²) in [5, 5.41) is 21.8. The van der Waals surface area contributed by atoms with Gasteiger partial charge in [-0.3, -0.25) is 10.1 Å². The van der Waals surface area contributed by atoms with Crippen molar-refractivity contribution in [3.8, 4) is 16.9 Å². The molecule has 4 heteroatoms. The maximum Gasteiger partial charge on any atom is 0.270 e. The maximum absolute atomic E-state index is 11.1. The van der Waals surface area contributed by atoms with Gasteiger partial charge in [0.15, 0.2) is 0 Å². The zero-order valence-electron chi connectivity index (χ0n) is 15.2. The first kappa shape index (κ1) is 18.0. The van der Waals surface area contributed by atoms with Gasteiger partial charge in [0.05, 0.1) is 4.92 Å². The van der Waals surface area contributed by atoms with Crippen molar-refractivity contribution in [1.29, 1.82) is 0 Å². The van der Waals surface area contributed by atoms with Crippen LogP contribution >= 0.6 is 0 Å². The van der Waals surface area contributed by atoms with Gasteiger partial charge >= 0.3 is 0 Å². The van der Waals surface area contributed by atoms with Crippen LogP contribution in [0, 0.1) is 10.1 Å². The average Bonchev–Trinajstić information content (AvgIpc) is 2.45. The van der Waals surface area contributed by atoms with Crippen molar-refractivity contribution in [2.24, 2.45) is 0 Å². The van der Waals surface area contributed by atoms with Crippen LogP contribution in [-0.4, -0.2) is 10.0 Å². The zero-order chi connectivity index (χ0) is 18.3. The number of phenolic OH excluding ortho intramolecular Hbond substituents is 1. The van der Waals surface area contributed by atoms with E-state index in [1.54, 1.807) is 12.1 Å². The summed E-state index contributed by atoms with van der Waals surface area (Å²) in [6, 6.07) is 10.5. The molecule has 0 aliphatic heterocycles. The minimum atomic E-state index is -0.390. The summed E-state index contributed by atoms with van der Waals surface area (Å²) in [5.74, 6) is 0.309. The number of rotatable bonds is 2. The predicted molar refractivity (Wildman–Crippen MR) is 97.6 cm³/mol. The van der Waals surface area contributed by atoms with Gasteiger partial charge in [0, 0.05) is 23.3 Å². The molecule has 0 unspecified atom stereocenters. The Kier molecular flexibility index (Phi) is 4.44. The van der Waals surface area contributed by atoms with Gasteiger partial charge in [0.2, 0.25) is 0 Å². The number of non-ortho nitro benzene ring substituents is 1. The SMILES string of the molecule is CC(C)(C)c1cc(-c2cccc([N+](=O)[O-])c2)cc(C(C)(C)C)c1O. The molecule has 1 N–H and O–H groups in total. The molecule has 0 heterocycles. The molecule has 0 aromatic heterocycles. The van der Waals surface area contributed by atoms with Crippen molar-refractivity contribution in [2.45, 2.75) is 52.4 Å². The molecule has 0 saturated heterocycles. The third-order valence-corrected chi connectivity index (χ3v) is 4.12. The summed E-state index contributed by atoms with van der Waals surface area (Å²) in [4.78, 5) is 10.7. The quantitative estimate of drug-likeness (QED) is 0.580. The molecule has 0 bridgehead atoms. The summed E-state index contributed by atoms with van der Waals surface area (Å²) in [6.45, 7) is 12.3. The molecular weight excluding hydrogens is 302 g/mol. The Labute approximate surface area is 143 Å². The van der Waals surface area contributed by atoms with Crippen LogP contribution in [-0.2, 0) is 10.8 Å². The molecule has 4 nitrogen and oxygen atoms in total. The lowest BCUT2D eigenvalue weighted by Gasteiger charge is -2.28. The Bertz CT molecular complexity index is 745. The van der Waals surface area contributed by atoms with Crippen LogP contribution in [0.4, 0.5) is 5.69 Å². The zero-order valence-corrected chi connectivity index (χ0v) is 15.2. The highest BCUT2D eigenvalue weighted by Crippen LogP contribution is 2.42. The molecule has 0 aliphatic rings. The van der Waals surface area contributed by atoms with Gasteiger partial charge in [-0.2, -0.15) is 0 Å². The highest BCUT2D eigenvalue weighted by Gasteiger charge is 2.27. The van der Waals surface area contributed by atoms with Crippen LogP contribution in [0.2, 0.25) is 0 Å². The van der Waals surface area contributed by atoms with Gasteiger partial charge in [0.1, 0.15) is 5.75 Å². The lowest BCUT2D eigenvalue weighted by molar-refractivity contribution is -0.384. The summed E-state index contributed by atoms with van der Waals surface area (Å²) in [7, 11) is 0. The van der Waals surface area contributed by atoms with E-state index < -0.39 is 0 Å².